The number of hydrogen-bond acceptors (Lipinski definition) is 3. The maximum Gasteiger partial charge on any atom is 0.244 e. The smallest absolute Gasteiger partial charge is 0.244 e. The first-order valence-electron chi connectivity index (χ1n) is 4.85. The molecular weight excluding hydrogens is 270 g/mol. The molecule has 0 atom stereocenters. The molecule has 0 heterocycles. The van der Waals surface area contributed by atoms with Gasteiger partial charge >= 0.3 is 0 Å². The summed E-state index contributed by atoms with van der Waals surface area (Å²) in [5.74, 6) is -0.220. The minimum absolute atomic E-state index is 0.220. The standard InChI is InChI=1S/C11H10BrN3O/c12-8-2-1-7(6-13)9(5-8)15-10(16)11(14)3-4-11/h1-2,5H,3-4,14H2,(H,15,16). The third-order valence-corrected chi connectivity index (χ3v) is 3.08. The lowest BCUT2D eigenvalue weighted by molar-refractivity contribution is -0.118. The molecule has 0 spiro atoms. The Bertz CT molecular complexity index is 488. The van der Waals surface area contributed by atoms with Crippen LogP contribution in [0.1, 0.15) is 18.4 Å². The van der Waals surface area contributed by atoms with E-state index >= 15 is 0 Å². The quantitative estimate of drug-likeness (QED) is 0.866. The first-order valence-corrected chi connectivity index (χ1v) is 5.64. The molecule has 0 radical (unpaired) electrons. The Balaban J connectivity index is 2.24. The van der Waals surface area contributed by atoms with Crippen LogP contribution in [0.2, 0.25) is 0 Å². The van der Waals surface area contributed by atoms with E-state index in [0.717, 1.165) is 4.47 Å². The normalized spacial score (nSPS) is 16.3. The molecule has 1 aromatic rings. The van der Waals surface area contributed by atoms with E-state index in [2.05, 4.69) is 21.2 Å². The Kier molecular flexibility index (Phi) is 2.70. The number of halogens is 1. The van der Waals surface area contributed by atoms with Crippen molar-refractivity contribution in [1.29, 1.82) is 5.26 Å². The number of benzene rings is 1. The number of rotatable bonds is 2. The van der Waals surface area contributed by atoms with E-state index in [1.54, 1.807) is 18.2 Å². The predicted octanol–water partition coefficient (Wildman–Crippen LogP) is 1.75. The van der Waals surface area contributed by atoms with Crippen LogP contribution in [0.5, 0.6) is 0 Å². The third-order valence-electron chi connectivity index (χ3n) is 2.59. The van der Waals surface area contributed by atoms with Crippen molar-refractivity contribution < 1.29 is 4.79 Å². The number of nitriles is 1. The second-order valence-electron chi connectivity index (χ2n) is 3.91. The SMILES string of the molecule is N#Cc1ccc(Br)cc1NC(=O)C1(N)CC1. The first kappa shape index (κ1) is 11.1. The molecule has 4 nitrogen and oxygen atoms in total. The Hall–Kier alpha value is -1.38. The number of carbonyl (C=O) groups excluding carboxylic acids is 1. The summed E-state index contributed by atoms with van der Waals surface area (Å²) < 4.78 is 0.809. The molecule has 1 aliphatic carbocycles. The van der Waals surface area contributed by atoms with Gasteiger partial charge < -0.3 is 11.1 Å². The summed E-state index contributed by atoms with van der Waals surface area (Å²) in [6.45, 7) is 0. The van der Waals surface area contributed by atoms with Crippen LogP contribution >= 0.6 is 15.9 Å². The largest absolute Gasteiger partial charge is 0.323 e. The zero-order chi connectivity index (χ0) is 11.8. The van der Waals surface area contributed by atoms with Crippen LogP contribution in [0.25, 0.3) is 0 Å². The van der Waals surface area contributed by atoms with Crippen LogP contribution in [-0.4, -0.2) is 11.4 Å². The summed E-state index contributed by atoms with van der Waals surface area (Å²) in [6.07, 6.45) is 1.41. The van der Waals surface area contributed by atoms with Crippen LogP contribution in [-0.2, 0) is 4.79 Å². The molecule has 1 aromatic carbocycles. The van der Waals surface area contributed by atoms with Gasteiger partial charge in [-0.25, -0.2) is 0 Å². The van der Waals surface area contributed by atoms with Crippen LogP contribution in [0.3, 0.4) is 0 Å². The van der Waals surface area contributed by atoms with Gasteiger partial charge in [-0.05, 0) is 31.0 Å². The molecule has 3 N–H and O–H groups in total. The van der Waals surface area contributed by atoms with Gasteiger partial charge in [-0.3, -0.25) is 4.79 Å². The first-order chi connectivity index (χ1) is 7.55. The molecule has 1 saturated carbocycles. The number of carbonyl (C=O) groups is 1. The molecule has 0 unspecified atom stereocenters. The van der Waals surface area contributed by atoms with Gasteiger partial charge in [0.25, 0.3) is 0 Å². The second kappa shape index (κ2) is 3.89. The molecule has 1 aliphatic rings. The fourth-order valence-corrected chi connectivity index (χ4v) is 1.69. The van der Waals surface area contributed by atoms with Crippen LogP contribution in [0.15, 0.2) is 22.7 Å². The molecule has 16 heavy (non-hydrogen) atoms. The van der Waals surface area contributed by atoms with E-state index in [4.69, 9.17) is 11.0 Å². The Morgan fingerprint density at radius 1 is 1.56 bits per heavy atom. The van der Waals surface area contributed by atoms with E-state index in [9.17, 15) is 4.79 Å². The molecule has 2 rings (SSSR count). The molecule has 1 fully saturated rings. The summed E-state index contributed by atoms with van der Waals surface area (Å²) in [7, 11) is 0. The number of nitrogens with two attached hydrogens (primary N) is 1. The molecule has 0 saturated heterocycles. The Labute approximate surface area is 102 Å². The van der Waals surface area contributed by atoms with E-state index in [1.165, 1.54) is 0 Å². The number of anilines is 1. The van der Waals surface area contributed by atoms with Crippen LogP contribution in [0, 0.1) is 11.3 Å². The molecule has 82 valence electrons. The lowest BCUT2D eigenvalue weighted by Crippen LogP contribution is -2.38. The van der Waals surface area contributed by atoms with Gasteiger partial charge in [0.1, 0.15) is 6.07 Å². The highest BCUT2D eigenvalue weighted by Crippen LogP contribution is 2.34. The zero-order valence-electron chi connectivity index (χ0n) is 8.46. The molecule has 5 heteroatoms. The highest BCUT2D eigenvalue weighted by molar-refractivity contribution is 9.10. The van der Waals surface area contributed by atoms with Crippen molar-refractivity contribution in [1.82, 2.24) is 0 Å². The van der Waals surface area contributed by atoms with Gasteiger partial charge in [0.05, 0.1) is 16.8 Å². The van der Waals surface area contributed by atoms with Crippen molar-refractivity contribution >= 4 is 27.5 Å². The minimum Gasteiger partial charge on any atom is -0.323 e. The maximum atomic E-state index is 11.7. The van der Waals surface area contributed by atoms with E-state index in [0.29, 0.717) is 24.1 Å². The summed E-state index contributed by atoms with van der Waals surface area (Å²) in [5, 5.41) is 11.6. The fourth-order valence-electron chi connectivity index (χ4n) is 1.33. The van der Waals surface area contributed by atoms with Gasteiger partial charge in [0, 0.05) is 4.47 Å². The Morgan fingerprint density at radius 3 is 2.81 bits per heavy atom. The van der Waals surface area contributed by atoms with Crippen molar-refractivity contribution in [3.8, 4) is 6.07 Å². The molecule has 0 bridgehead atoms. The van der Waals surface area contributed by atoms with Gasteiger partial charge in [0.2, 0.25) is 5.91 Å². The van der Waals surface area contributed by atoms with Crippen molar-refractivity contribution in [3.63, 3.8) is 0 Å². The topological polar surface area (TPSA) is 78.9 Å². The van der Waals surface area contributed by atoms with Crippen molar-refractivity contribution in [2.24, 2.45) is 5.73 Å². The number of hydrogen-bond donors (Lipinski definition) is 2. The summed E-state index contributed by atoms with van der Waals surface area (Å²) >= 11 is 3.29. The fraction of sp³-hybridized carbons (Fsp3) is 0.273. The van der Waals surface area contributed by atoms with Gasteiger partial charge in [-0.15, -0.1) is 0 Å². The minimum atomic E-state index is -0.727. The monoisotopic (exact) mass is 279 g/mol. The molecule has 0 aromatic heterocycles. The van der Waals surface area contributed by atoms with E-state index < -0.39 is 5.54 Å². The second-order valence-corrected chi connectivity index (χ2v) is 4.83. The lowest BCUT2D eigenvalue weighted by Gasteiger charge is -2.11. The summed E-state index contributed by atoms with van der Waals surface area (Å²) in [4.78, 5) is 11.7. The number of nitrogens with zero attached hydrogens (tertiary/aromatic N) is 1. The molecular formula is C11H10BrN3O. The van der Waals surface area contributed by atoms with Crippen molar-refractivity contribution in [2.45, 2.75) is 18.4 Å². The highest BCUT2D eigenvalue weighted by atomic mass is 79.9. The Morgan fingerprint density at radius 2 is 2.25 bits per heavy atom. The number of nitrogens with one attached hydrogen (secondary N) is 1. The summed E-state index contributed by atoms with van der Waals surface area (Å²) in [5.41, 5.74) is 5.96. The number of amides is 1. The molecule has 1 amide bonds. The van der Waals surface area contributed by atoms with Gasteiger partial charge in [-0.1, -0.05) is 15.9 Å². The molecule has 0 aliphatic heterocycles. The zero-order valence-corrected chi connectivity index (χ0v) is 10.0. The average Bonchev–Trinajstić information content (AvgIpc) is 2.98. The van der Waals surface area contributed by atoms with Gasteiger partial charge in [-0.2, -0.15) is 5.26 Å². The van der Waals surface area contributed by atoms with Crippen LogP contribution < -0.4 is 11.1 Å². The lowest BCUT2D eigenvalue weighted by atomic mass is 10.2. The van der Waals surface area contributed by atoms with Crippen molar-refractivity contribution in [3.05, 3.63) is 28.2 Å². The van der Waals surface area contributed by atoms with E-state index in [-0.39, 0.29) is 5.91 Å². The van der Waals surface area contributed by atoms with E-state index in [1.807, 2.05) is 6.07 Å². The van der Waals surface area contributed by atoms with Crippen molar-refractivity contribution in [2.75, 3.05) is 5.32 Å². The third kappa shape index (κ3) is 2.08. The average molecular weight is 280 g/mol. The summed E-state index contributed by atoms with van der Waals surface area (Å²) in [6, 6.07) is 7.12. The predicted molar refractivity (Wildman–Crippen MR) is 63.6 cm³/mol. The highest BCUT2D eigenvalue weighted by Gasteiger charge is 2.46. The van der Waals surface area contributed by atoms with Gasteiger partial charge in [0.15, 0.2) is 0 Å². The van der Waals surface area contributed by atoms with Crippen LogP contribution in [0.4, 0.5) is 5.69 Å². The maximum absolute atomic E-state index is 11.7.